The van der Waals surface area contributed by atoms with Crippen molar-refractivity contribution in [2.24, 2.45) is 0 Å². The highest BCUT2D eigenvalue weighted by atomic mass is 16.6. The van der Waals surface area contributed by atoms with Gasteiger partial charge in [0.05, 0.1) is 32.8 Å². The SMILES string of the molecule is CCOC(=O)CC(c1ccc(OC)cc1)n1ccc2cc(OCCc3ccc4c(n3)N(C(=O)OC(C)(C)C)CCC4)ccc21. The summed E-state index contributed by atoms with van der Waals surface area (Å²) in [6, 6.07) is 19.6. The Morgan fingerprint density at radius 3 is 2.50 bits per heavy atom. The third-order valence-electron chi connectivity index (χ3n) is 7.53. The quantitative estimate of drug-likeness (QED) is 0.183. The normalized spacial score (nSPS) is 13.7. The van der Waals surface area contributed by atoms with Crippen molar-refractivity contribution in [1.29, 1.82) is 0 Å². The molecular weight excluding hydrogens is 558 g/mol. The minimum absolute atomic E-state index is 0.210. The third kappa shape index (κ3) is 7.33. The summed E-state index contributed by atoms with van der Waals surface area (Å²) in [5, 5.41) is 1.00. The lowest BCUT2D eigenvalue weighted by atomic mass is 10.0. The second-order valence-corrected chi connectivity index (χ2v) is 11.9. The number of amides is 1. The van der Waals surface area contributed by atoms with Crippen LogP contribution in [-0.4, -0.2) is 54.1 Å². The summed E-state index contributed by atoms with van der Waals surface area (Å²) in [6.07, 6.45) is 4.20. The van der Waals surface area contributed by atoms with Crippen LogP contribution in [0.2, 0.25) is 0 Å². The number of rotatable bonds is 10. The number of methoxy groups -OCH3 is 1. The number of carbonyl (C=O) groups excluding carboxylic acids is 2. The molecule has 3 heterocycles. The Morgan fingerprint density at radius 2 is 1.77 bits per heavy atom. The van der Waals surface area contributed by atoms with Gasteiger partial charge in [0, 0.05) is 35.8 Å². The number of esters is 1. The summed E-state index contributed by atoms with van der Waals surface area (Å²) in [5.74, 6) is 1.93. The highest BCUT2D eigenvalue weighted by Gasteiger charge is 2.28. The van der Waals surface area contributed by atoms with E-state index in [9.17, 15) is 9.59 Å². The number of hydrogen-bond donors (Lipinski definition) is 0. The second kappa shape index (κ2) is 13.4. The van der Waals surface area contributed by atoms with Crippen LogP contribution in [0.4, 0.5) is 10.6 Å². The van der Waals surface area contributed by atoms with E-state index < -0.39 is 5.60 Å². The number of ether oxygens (including phenoxy) is 4. The van der Waals surface area contributed by atoms with Gasteiger partial charge in [-0.2, -0.15) is 0 Å². The van der Waals surface area contributed by atoms with E-state index in [1.165, 1.54) is 0 Å². The first kappa shape index (κ1) is 30.9. The average molecular weight is 600 g/mol. The molecule has 5 rings (SSSR count). The zero-order valence-electron chi connectivity index (χ0n) is 26.2. The highest BCUT2D eigenvalue weighted by Crippen LogP contribution is 2.32. The van der Waals surface area contributed by atoms with E-state index in [2.05, 4.69) is 10.6 Å². The summed E-state index contributed by atoms with van der Waals surface area (Å²) < 4.78 is 24.5. The molecule has 1 amide bonds. The molecule has 44 heavy (non-hydrogen) atoms. The van der Waals surface area contributed by atoms with Gasteiger partial charge in [0.2, 0.25) is 0 Å². The lowest BCUT2D eigenvalue weighted by Crippen LogP contribution is -2.40. The molecule has 0 N–H and O–H groups in total. The molecule has 0 bridgehead atoms. The smallest absolute Gasteiger partial charge is 0.416 e. The van der Waals surface area contributed by atoms with Crippen LogP contribution in [0.15, 0.2) is 66.9 Å². The molecule has 0 aliphatic carbocycles. The van der Waals surface area contributed by atoms with Gasteiger partial charge in [0.25, 0.3) is 0 Å². The molecule has 1 aliphatic rings. The Hall–Kier alpha value is -4.53. The van der Waals surface area contributed by atoms with Crippen LogP contribution in [0.3, 0.4) is 0 Å². The summed E-state index contributed by atoms with van der Waals surface area (Å²) in [7, 11) is 1.63. The topological polar surface area (TPSA) is 92.1 Å². The number of carbonyl (C=O) groups is 2. The van der Waals surface area contributed by atoms with Crippen molar-refractivity contribution < 1.29 is 28.5 Å². The lowest BCUT2D eigenvalue weighted by Gasteiger charge is -2.31. The minimum atomic E-state index is -0.570. The number of anilines is 1. The predicted octanol–water partition coefficient (Wildman–Crippen LogP) is 6.90. The Balaban J connectivity index is 1.29. The van der Waals surface area contributed by atoms with Crippen molar-refractivity contribution >= 4 is 28.8 Å². The standard InChI is InChI=1S/C35H41N3O6/c1-6-42-32(39)23-31(24-10-13-28(41-5)14-11-24)37-20-17-26-22-29(15-16-30(26)37)43-21-18-27-12-9-25-8-7-19-38(33(25)36-27)34(40)44-35(2,3)4/h9-17,20,22,31H,6-8,18-19,21,23H2,1-5H3. The van der Waals surface area contributed by atoms with Crippen LogP contribution in [0.1, 0.15) is 63.4 Å². The molecule has 0 saturated carbocycles. The minimum Gasteiger partial charge on any atom is -0.497 e. The molecule has 1 aliphatic heterocycles. The number of aromatic nitrogens is 2. The van der Waals surface area contributed by atoms with Crippen LogP contribution >= 0.6 is 0 Å². The fourth-order valence-electron chi connectivity index (χ4n) is 5.47. The molecule has 9 nitrogen and oxygen atoms in total. The molecule has 9 heteroatoms. The van der Waals surface area contributed by atoms with Gasteiger partial charge >= 0.3 is 12.1 Å². The summed E-state index contributed by atoms with van der Waals surface area (Å²) in [4.78, 5) is 31.8. The van der Waals surface area contributed by atoms with Crippen LogP contribution in [0, 0.1) is 0 Å². The van der Waals surface area contributed by atoms with Gasteiger partial charge < -0.3 is 23.5 Å². The average Bonchev–Trinajstić information content (AvgIpc) is 3.42. The van der Waals surface area contributed by atoms with Crippen molar-refractivity contribution in [3.63, 3.8) is 0 Å². The molecule has 0 spiro atoms. The van der Waals surface area contributed by atoms with Gasteiger partial charge in [0.1, 0.15) is 22.9 Å². The molecule has 1 unspecified atom stereocenters. The molecule has 0 radical (unpaired) electrons. The van der Waals surface area contributed by atoms with Gasteiger partial charge in [-0.05, 0) is 94.1 Å². The third-order valence-corrected chi connectivity index (χ3v) is 7.53. The molecule has 1 atom stereocenters. The Labute approximate surface area is 258 Å². The van der Waals surface area contributed by atoms with Crippen LogP contribution < -0.4 is 14.4 Å². The van der Waals surface area contributed by atoms with Crippen molar-refractivity contribution in [1.82, 2.24) is 9.55 Å². The van der Waals surface area contributed by atoms with Crippen LogP contribution in [0.5, 0.6) is 11.5 Å². The summed E-state index contributed by atoms with van der Waals surface area (Å²) >= 11 is 0. The number of benzene rings is 2. The first-order valence-corrected chi connectivity index (χ1v) is 15.2. The number of fused-ring (bicyclic) bond motifs is 2. The molecule has 0 fully saturated rings. The molecule has 2 aromatic carbocycles. The molecule has 2 aromatic heterocycles. The van der Waals surface area contributed by atoms with E-state index in [4.69, 9.17) is 23.9 Å². The van der Waals surface area contributed by atoms with Gasteiger partial charge in [-0.25, -0.2) is 9.78 Å². The van der Waals surface area contributed by atoms with E-state index in [1.54, 1.807) is 12.0 Å². The fraction of sp³-hybridized carbons (Fsp3) is 0.400. The van der Waals surface area contributed by atoms with Gasteiger partial charge in [0.15, 0.2) is 0 Å². The van der Waals surface area contributed by atoms with Gasteiger partial charge in [-0.3, -0.25) is 9.69 Å². The summed E-state index contributed by atoms with van der Waals surface area (Å²) in [5.41, 5.74) is 3.31. The largest absolute Gasteiger partial charge is 0.497 e. The zero-order valence-corrected chi connectivity index (χ0v) is 26.2. The maximum Gasteiger partial charge on any atom is 0.416 e. The van der Waals surface area contributed by atoms with E-state index in [1.807, 2.05) is 88.5 Å². The molecule has 4 aromatic rings. The highest BCUT2D eigenvalue weighted by molar-refractivity contribution is 5.88. The Bertz CT molecular complexity index is 1610. The number of pyridine rings is 1. The van der Waals surface area contributed by atoms with E-state index in [-0.39, 0.29) is 24.5 Å². The number of aryl methyl sites for hydroxylation is 1. The van der Waals surface area contributed by atoms with Crippen LogP contribution in [0.25, 0.3) is 10.9 Å². The zero-order chi connectivity index (χ0) is 31.3. The number of nitrogens with zero attached hydrogens (tertiary/aromatic N) is 3. The first-order chi connectivity index (χ1) is 21.1. The van der Waals surface area contributed by atoms with E-state index in [0.29, 0.717) is 32.0 Å². The molecular formula is C35H41N3O6. The monoisotopic (exact) mass is 599 g/mol. The predicted molar refractivity (Wildman–Crippen MR) is 170 cm³/mol. The molecule has 0 saturated heterocycles. The van der Waals surface area contributed by atoms with Gasteiger partial charge in [-0.1, -0.05) is 18.2 Å². The Morgan fingerprint density at radius 1 is 1.00 bits per heavy atom. The lowest BCUT2D eigenvalue weighted by molar-refractivity contribution is -0.143. The van der Waals surface area contributed by atoms with Gasteiger partial charge in [-0.15, -0.1) is 0 Å². The molecule has 232 valence electrons. The van der Waals surface area contributed by atoms with Crippen LogP contribution in [-0.2, 0) is 27.1 Å². The van der Waals surface area contributed by atoms with E-state index >= 15 is 0 Å². The fourth-order valence-corrected chi connectivity index (χ4v) is 5.47. The maximum atomic E-state index is 12.8. The van der Waals surface area contributed by atoms with Crippen molar-refractivity contribution in [2.45, 2.75) is 65.0 Å². The Kier molecular flexibility index (Phi) is 9.42. The van der Waals surface area contributed by atoms with E-state index in [0.717, 1.165) is 52.1 Å². The van der Waals surface area contributed by atoms with Crippen molar-refractivity contribution in [3.8, 4) is 11.5 Å². The summed E-state index contributed by atoms with van der Waals surface area (Å²) in [6.45, 7) is 8.77. The van der Waals surface area contributed by atoms with Crippen molar-refractivity contribution in [3.05, 3.63) is 83.7 Å². The maximum absolute atomic E-state index is 12.8. The number of hydrogen-bond acceptors (Lipinski definition) is 7. The van der Waals surface area contributed by atoms with Crippen molar-refractivity contribution in [2.75, 3.05) is 31.8 Å². The second-order valence-electron chi connectivity index (χ2n) is 11.9. The first-order valence-electron chi connectivity index (χ1n) is 15.2.